The van der Waals surface area contributed by atoms with Crippen LogP contribution in [0.1, 0.15) is 27.0 Å². The lowest BCUT2D eigenvalue weighted by molar-refractivity contribution is -0.137. The first-order valence-corrected chi connectivity index (χ1v) is 12.5. The van der Waals surface area contributed by atoms with E-state index in [2.05, 4.69) is 10.1 Å². The Labute approximate surface area is 236 Å². The second-order valence-electron chi connectivity index (χ2n) is 9.07. The van der Waals surface area contributed by atoms with Crippen LogP contribution in [0.3, 0.4) is 0 Å². The molecular formula is C31H22F3N3O5. The number of para-hydroxylation sites is 2. The number of alkyl halides is 3. The van der Waals surface area contributed by atoms with Gasteiger partial charge < -0.3 is 14.6 Å². The molecule has 11 heteroatoms. The largest absolute Gasteiger partial charge is 0.493 e. The average Bonchev–Trinajstić information content (AvgIpc) is 2.99. The van der Waals surface area contributed by atoms with E-state index < -0.39 is 23.3 Å². The Morgan fingerprint density at radius 1 is 1.00 bits per heavy atom. The Kier molecular flexibility index (Phi) is 7.74. The number of aromatic carboxylic acids is 1. The third-order valence-corrected chi connectivity index (χ3v) is 6.30. The quantitative estimate of drug-likeness (QED) is 0.220. The van der Waals surface area contributed by atoms with Crippen LogP contribution in [0.2, 0.25) is 0 Å². The van der Waals surface area contributed by atoms with Gasteiger partial charge in [-0.2, -0.15) is 22.9 Å². The van der Waals surface area contributed by atoms with Crippen molar-refractivity contribution in [1.82, 2.24) is 9.66 Å². The number of methoxy groups -OCH3 is 1. The van der Waals surface area contributed by atoms with E-state index in [9.17, 15) is 27.9 Å². The fourth-order valence-electron chi connectivity index (χ4n) is 4.27. The number of ether oxygens (including phenoxy) is 2. The lowest BCUT2D eigenvalue weighted by atomic mass is 10.1. The Hall–Kier alpha value is -5.45. The molecule has 1 N–H and O–H groups in total. The molecule has 0 saturated carbocycles. The van der Waals surface area contributed by atoms with Crippen molar-refractivity contribution in [2.24, 2.45) is 5.10 Å². The van der Waals surface area contributed by atoms with Crippen molar-refractivity contribution in [3.05, 3.63) is 124 Å². The highest BCUT2D eigenvalue weighted by molar-refractivity contribution is 5.88. The molecule has 8 nitrogen and oxygen atoms in total. The van der Waals surface area contributed by atoms with E-state index in [-0.39, 0.29) is 34.7 Å². The number of nitrogens with zero attached hydrogens (tertiary/aromatic N) is 3. The summed E-state index contributed by atoms with van der Waals surface area (Å²) in [5.41, 5.74) is -0.0541. The number of rotatable bonds is 8. The van der Waals surface area contributed by atoms with Crippen molar-refractivity contribution >= 4 is 23.1 Å². The first kappa shape index (κ1) is 28.1. The SMILES string of the molecule is COc1cccc(C=Nn2c(-c3cccc(C(F)(F)F)c3)nc3ccccc3c2=O)c1OCc1cccc(C(=O)O)c1. The number of hydrogen-bond acceptors (Lipinski definition) is 6. The molecule has 0 spiro atoms. The van der Waals surface area contributed by atoms with Gasteiger partial charge in [0.05, 0.1) is 35.4 Å². The number of carboxylic acids is 1. The molecule has 5 rings (SSSR count). The molecule has 4 aromatic carbocycles. The minimum atomic E-state index is -4.60. The number of carbonyl (C=O) groups is 1. The monoisotopic (exact) mass is 573 g/mol. The van der Waals surface area contributed by atoms with Gasteiger partial charge in [0.25, 0.3) is 5.56 Å². The Morgan fingerprint density at radius 2 is 1.76 bits per heavy atom. The fourth-order valence-corrected chi connectivity index (χ4v) is 4.27. The predicted molar refractivity (Wildman–Crippen MR) is 150 cm³/mol. The van der Waals surface area contributed by atoms with Crippen molar-refractivity contribution in [1.29, 1.82) is 0 Å². The molecule has 212 valence electrons. The first-order chi connectivity index (χ1) is 20.2. The molecule has 0 unspecified atom stereocenters. The second-order valence-corrected chi connectivity index (χ2v) is 9.07. The molecule has 0 aliphatic heterocycles. The lowest BCUT2D eigenvalue weighted by Gasteiger charge is -2.14. The Balaban J connectivity index is 1.59. The average molecular weight is 574 g/mol. The number of carboxylic acid groups (broad SMARTS) is 1. The van der Waals surface area contributed by atoms with Gasteiger partial charge >= 0.3 is 12.1 Å². The molecular weight excluding hydrogens is 551 g/mol. The third kappa shape index (κ3) is 5.85. The maximum absolute atomic E-state index is 13.5. The molecule has 0 bridgehead atoms. The van der Waals surface area contributed by atoms with Crippen LogP contribution in [0.15, 0.2) is 101 Å². The van der Waals surface area contributed by atoms with E-state index in [1.54, 1.807) is 54.6 Å². The molecule has 42 heavy (non-hydrogen) atoms. The van der Waals surface area contributed by atoms with Crippen molar-refractivity contribution in [3.63, 3.8) is 0 Å². The molecule has 5 aromatic rings. The highest BCUT2D eigenvalue weighted by atomic mass is 19.4. The Morgan fingerprint density at radius 3 is 2.52 bits per heavy atom. The summed E-state index contributed by atoms with van der Waals surface area (Å²) < 4.78 is 52.8. The Bertz CT molecular complexity index is 1880. The van der Waals surface area contributed by atoms with Crippen LogP contribution in [0.5, 0.6) is 11.5 Å². The summed E-state index contributed by atoms with van der Waals surface area (Å²) in [6, 6.07) is 22.2. The zero-order valence-electron chi connectivity index (χ0n) is 22.0. The minimum absolute atomic E-state index is 0.00467. The van der Waals surface area contributed by atoms with Crippen molar-refractivity contribution in [2.45, 2.75) is 12.8 Å². The molecule has 0 saturated heterocycles. The summed E-state index contributed by atoms with van der Waals surface area (Å²) in [7, 11) is 1.44. The molecule has 1 heterocycles. The van der Waals surface area contributed by atoms with E-state index in [1.807, 2.05) is 0 Å². The van der Waals surface area contributed by atoms with Gasteiger partial charge in [0, 0.05) is 11.1 Å². The highest BCUT2D eigenvalue weighted by Crippen LogP contribution is 2.33. The smallest absolute Gasteiger partial charge is 0.416 e. The standard InChI is InChI=1S/C31H22F3N3O5/c1-41-26-14-6-10-22(27(26)42-18-19-7-4-9-21(15-19)30(39)40)17-35-37-28(20-8-5-11-23(16-20)31(32,33)34)36-25-13-3-2-12-24(25)29(37)38/h2-17H,18H2,1H3,(H,39,40). The van der Waals surface area contributed by atoms with Crippen LogP contribution in [0, 0.1) is 0 Å². The van der Waals surface area contributed by atoms with Crippen LogP contribution in [-0.4, -0.2) is 34.1 Å². The number of aromatic nitrogens is 2. The summed E-state index contributed by atoms with van der Waals surface area (Å²) in [6.45, 7) is -0.00467. The zero-order valence-corrected chi connectivity index (χ0v) is 22.0. The van der Waals surface area contributed by atoms with Crippen LogP contribution < -0.4 is 15.0 Å². The van der Waals surface area contributed by atoms with Crippen LogP contribution in [-0.2, 0) is 12.8 Å². The van der Waals surface area contributed by atoms with E-state index >= 15 is 0 Å². The molecule has 0 radical (unpaired) electrons. The lowest BCUT2D eigenvalue weighted by Crippen LogP contribution is -2.20. The van der Waals surface area contributed by atoms with E-state index in [0.717, 1.165) is 16.8 Å². The summed E-state index contributed by atoms with van der Waals surface area (Å²) in [4.78, 5) is 29.3. The van der Waals surface area contributed by atoms with Crippen molar-refractivity contribution in [2.75, 3.05) is 7.11 Å². The first-order valence-electron chi connectivity index (χ1n) is 12.5. The van der Waals surface area contributed by atoms with Gasteiger partial charge in [-0.25, -0.2) is 9.78 Å². The van der Waals surface area contributed by atoms with Crippen molar-refractivity contribution in [3.8, 4) is 22.9 Å². The van der Waals surface area contributed by atoms with Crippen LogP contribution in [0.4, 0.5) is 13.2 Å². The summed E-state index contributed by atoms with van der Waals surface area (Å²) in [6.07, 6.45) is -3.28. The topological polar surface area (TPSA) is 103 Å². The summed E-state index contributed by atoms with van der Waals surface area (Å²) in [5, 5.41) is 13.9. The minimum Gasteiger partial charge on any atom is -0.493 e. The predicted octanol–water partition coefficient (Wildman–Crippen LogP) is 6.25. The maximum atomic E-state index is 13.5. The summed E-state index contributed by atoms with van der Waals surface area (Å²) >= 11 is 0. The normalized spacial score (nSPS) is 11.6. The molecule has 0 fully saturated rings. The molecule has 1 aromatic heterocycles. The van der Waals surface area contributed by atoms with E-state index in [4.69, 9.17) is 9.47 Å². The van der Waals surface area contributed by atoms with Gasteiger partial charge in [0.2, 0.25) is 0 Å². The number of hydrogen-bond donors (Lipinski definition) is 1. The van der Waals surface area contributed by atoms with Gasteiger partial charge in [-0.15, -0.1) is 0 Å². The number of halogens is 3. The molecule has 0 aliphatic rings. The number of fused-ring (bicyclic) bond motifs is 1. The van der Waals surface area contributed by atoms with Crippen LogP contribution in [0.25, 0.3) is 22.3 Å². The van der Waals surface area contributed by atoms with E-state index in [0.29, 0.717) is 22.4 Å². The van der Waals surface area contributed by atoms with Gasteiger partial charge in [-0.3, -0.25) is 4.79 Å². The fraction of sp³-hybridized carbons (Fsp3) is 0.0968. The molecule has 0 aliphatic carbocycles. The molecule has 0 atom stereocenters. The number of benzene rings is 4. The maximum Gasteiger partial charge on any atom is 0.416 e. The zero-order chi connectivity index (χ0) is 29.9. The second kappa shape index (κ2) is 11.6. The van der Waals surface area contributed by atoms with Crippen LogP contribution >= 0.6 is 0 Å². The molecule has 0 amide bonds. The highest BCUT2D eigenvalue weighted by Gasteiger charge is 2.31. The summed E-state index contributed by atoms with van der Waals surface area (Å²) in [5.74, 6) is -0.563. The van der Waals surface area contributed by atoms with Gasteiger partial charge in [-0.1, -0.05) is 42.5 Å². The van der Waals surface area contributed by atoms with Gasteiger partial charge in [0.15, 0.2) is 17.3 Å². The van der Waals surface area contributed by atoms with Crippen molar-refractivity contribution < 1.29 is 32.5 Å². The van der Waals surface area contributed by atoms with E-state index in [1.165, 1.54) is 37.6 Å². The van der Waals surface area contributed by atoms with Gasteiger partial charge in [0.1, 0.15) is 6.61 Å². The van der Waals surface area contributed by atoms with Gasteiger partial charge in [-0.05, 0) is 54.1 Å². The third-order valence-electron chi connectivity index (χ3n) is 6.30.